The SMILES string of the molecule is CCNC(=O)C(Cc1ccccc1)N(Cc1cccc(OC)c1)C(=O)CSCc1ccccc1. The summed E-state index contributed by atoms with van der Waals surface area (Å²) in [6, 6.07) is 26.9. The van der Waals surface area contributed by atoms with Crippen LogP contribution in [0.2, 0.25) is 0 Å². The first-order chi connectivity index (χ1) is 16.6. The zero-order valence-corrected chi connectivity index (χ0v) is 20.6. The predicted molar refractivity (Wildman–Crippen MR) is 139 cm³/mol. The number of nitrogens with zero attached hydrogens (tertiary/aromatic N) is 1. The summed E-state index contributed by atoms with van der Waals surface area (Å²) < 4.78 is 5.37. The number of thioether (sulfide) groups is 1. The van der Waals surface area contributed by atoms with Gasteiger partial charge >= 0.3 is 0 Å². The van der Waals surface area contributed by atoms with Gasteiger partial charge in [-0.1, -0.05) is 72.8 Å². The summed E-state index contributed by atoms with van der Waals surface area (Å²) in [5.74, 6) is 1.56. The lowest BCUT2D eigenvalue weighted by Crippen LogP contribution is -2.51. The van der Waals surface area contributed by atoms with Crippen LogP contribution >= 0.6 is 11.8 Å². The van der Waals surface area contributed by atoms with Crippen molar-refractivity contribution in [3.05, 3.63) is 102 Å². The number of ether oxygens (including phenoxy) is 1. The molecule has 0 radical (unpaired) electrons. The van der Waals surface area contributed by atoms with Crippen molar-refractivity contribution >= 4 is 23.6 Å². The molecule has 3 rings (SSSR count). The van der Waals surface area contributed by atoms with Crippen molar-refractivity contribution in [1.29, 1.82) is 0 Å². The molecule has 6 heteroatoms. The van der Waals surface area contributed by atoms with Crippen LogP contribution < -0.4 is 10.1 Å². The summed E-state index contributed by atoms with van der Waals surface area (Å²) in [6.45, 7) is 2.73. The topological polar surface area (TPSA) is 58.6 Å². The first kappa shape index (κ1) is 25.4. The summed E-state index contributed by atoms with van der Waals surface area (Å²) in [4.78, 5) is 28.4. The number of rotatable bonds is 12. The van der Waals surface area contributed by atoms with Gasteiger partial charge in [-0.25, -0.2) is 0 Å². The molecule has 3 aromatic carbocycles. The van der Waals surface area contributed by atoms with E-state index < -0.39 is 6.04 Å². The van der Waals surface area contributed by atoms with Gasteiger partial charge in [-0.2, -0.15) is 0 Å². The Kier molecular flexibility index (Phi) is 10.0. The van der Waals surface area contributed by atoms with Crippen LogP contribution in [0.1, 0.15) is 23.6 Å². The molecule has 0 saturated carbocycles. The van der Waals surface area contributed by atoms with Crippen molar-refractivity contribution in [3.63, 3.8) is 0 Å². The molecule has 0 spiro atoms. The molecule has 0 fully saturated rings. The predicted octanol–water partition coefficient (Wildman–Crippen LogP) is 4.70. The molecule has 5 nitrogen and oxygen atoms in total. The van der Waals surface area contributed by atoms with Crippen LogP contribution in [0.4, 0.5) is 0 Å². The lowest BCUT2D eigenvalue weighted by atomic mass is 10.0. The van der Waals surface area contributed by atoms with Crippen molar-refractivity contribution in [2.45, 2.75) is 31.7 Å². The lowest BCUT2D eigenvalue weighted by molar-refractivity contribution is -0.139. The third-order valence-corrected chi connectivity index (χ3v) is 6.43. The van der Waals surface area contributed by atoms with Crippen molar-refractivity contribution in [2.24, 2.45) is 0 Å². The minimum Gasteiger partial charge on any atom is -0.497 e. The standard InChI is InChI=1S/C28H32N2O3S/c1-3-29-28(32)26(18-22-11-6-4-7-12-22)30(19-24-15-10-16-25(17-24)33-2)27(31)21-34-20-23-13-8-5-9-14-23/h4-17,26H,3,18-21H2,1-2H3,(H,29,32). The Morgan fingerprint density at radius 2 is 1.56 bits per heavy atom. The number of hydrogen-bond donors (Lipinski definition) is 1. The van der Waals surface area contributed by atoms with E-state index in [4.69, 9.17) is 4.74 Å². The molecule has 0 aliphatic carbocycles. The third-order valence-electron chi connectivity index (χ3n) is 5.45. The molecule has 1 N–H and O–H groups in total. The smallest absolute Gasteiger partial charge is 0.243 e. The van der Waals surface area contributed by atoms with Crippen LogP contribution in [0.15, 0.2) is 84.9 Å². The zero-order valence-electron chi connectivity index (χ0n) is 19.8. The average molecular weight is 477 g/mol. The number of amides is 2. The molecule has 34 heavy (non-hydrogen) atoms. The number of nitrogens with one attached hydrogen (secondary N) is 1. The number of methoxy groups -OCH3 is 1. The third kappa shape index (κ3) is 7.66. The van der Waals surface area contributed by atoms with Gasteiger partial charge in [0, 0.05) is 25.3 Å². The molecule has 178 valence electrons. The maximum Gasteiger partial charge on any atom is 0.243 e. The normalized spacial score (nSPS) is 11.5. The minimum absolute atomic E-state index is 0.0593. The molecule has 1 unspecified atom stereocenters. The fourth-order valence-corrected chi connectivity index (χ4v) is 4.60. The van der Waals surface area contributed by atoms with Crippen molar-refractivity contribution in [2.75, 3.05) is 19.4 Å². The zero-order chi connectivity index (χ0) is 24.2. The Hall–Kier alpha value is -3.25. The summed E-state index contributed by atoms with van der Waals surface area (Å²) in [7, 11) is 1.62. The second-order valence-corrected chi connectivity index (χ2v) is 8.94. The Balaban J connectivity index is 1.84. The van der Waals surface area contributed by atoms with Gasteiger partial charge in [0.15, 0.2) is 0 Å². The fraction of sp³-hybridized carbons (Fsp3) is 0.286. The van der Waals surface area contributed by atoms with E-state index in [0.717, 1.165) is 22.6 Å². The number of hydrogen-bond acceptors (Lipinski definition) is 4. The quantitative estimate of drug-likeness (QED) is 0.412. The highest BCUT2D eigenvalue weighted by Crippen LogP contribution is 2.20. The molecular weight excluding hydrogens is 444 g/mol. The van der Waals surface area contributed by atoms with Gasteiger partial charge in [-0.05, 0) is 35.7 Å². The number of benzene rings is 3. The van der Waals surface area contributed by atoms with E-state index in [1.807, 2.05) is 79.7 Å². The first-order valence-electron chi connectivity index (χ1n) is 11.5. The molecule has 0 aliphatic heterocycles. The van der Waals surface area contributed by atoms with E-state index >= 15 is 0 Å². The molecule has 0 heterocycles. The van der Waals surface area contributed by atoms with E-state index in [-0.39, 0.29) is 11.8 Å². The summed E-state index contributed by atoms with van der Waals surface area (Å²) in [5, 5.41) is 2.93. The van der Waals surface area contributed by atoms with Gasteiger partial charge in [0.25, 0.3) is 0 Å². The molecule has 0 aliphatic rings. The van der Waals surface area contributed by atoms with Gasteiger partial charge < -0.3 is 15.0 Å². The van der Waals surface area contributed by atoms with Crippen LogP contribution in [-0.2, 0) is 28.3 Å². The van der Waals surface area contributed by atoms with Crippen LogP contribution in [-0.4, -0.2) is 42.2 Å². The first-order valence-corrected chi connectivity index (χ1v) is 12.6. The molecule has 1 atom stereocenters. The Bertz CT molecular complexity index is 1040. The van der Waals surface area contributed by atoms with Gasteiger partial charge in [-0.15, -0.1) is 11.8 Å². The van der Waals surface area contributed by atoms with E-state index in [1.165, 1.54) is 5.56 Å². The summed E-state index contributed by atoms with van der Waals surface area (Å²) in [6.07, 6.45) is 0.450. The summed E-state index contributed by atoms with van der Waals surface area (Å²) in [5.41, 5.74) is 3.10. The molecule has 0 saturated heterocycles. The Labute approximate surface area is 206 Å². The highest BCUT2D eigenvalue weighted by Gasteiger charge is 2.30. The Morgan fingerprint density at radius 1 is 0.912 bits per heavy atom. The van der Waals surface area contributed by atoms with Crippen LogP contribution in [0.3, 0.4) is 0 Å². The Morgan fingerprint density at radius 3 is 2.21 bits per heavy atom. The molecular formula is C28H32N2O3S. The van der Waals surface area contributed by atoms with E-state index in [2.05, 4.69) is 17.4 Å². The van der Waals surface area contributed by atoms with Gasteiger partial charge in [-0.3, -0.25) is 9.59 Å². The van der Waals surface area contributed by atoms with Gasteiger partial charge in [0.05, 0.1) is 12.9 Å². The summed E-state index contributed by atoms with van der Waals surface area (Å²) >= 11 is 1.56. The van der Waals surface area contributed by atoms with E-state index in [1.54, 1.807) is 23.8 Å². The molecule has 0 bridgehead atoms. The highest BCUT2D eigenvalue weighted by molar-refractivity contribution is 7.99. The van der Waals surface area contributed by atoms with Crippen molar-refractivity contribution in [3.8, 4) is 5.75 Å². The molecule has 3 aromatic rings. The number of carbonyl (C=O) groups is 2. The highest BCUT2D eigenvalue weighted by atomic mass is 32.2. The second kappa shape index (κ2) is 13.5. The van der Waals surface area contributed by atoms with E-state index in [0.29, 0.717) is 25.3 Å². The fourth-order valence-electron chi connectivity index (χ4n) is 3.73. The van der Waals surface area contributed by atoms with Gasteiger partial charge in [0.2, 0.25) is 11.8 Å². The number of carbonyl (C=O) groups excluding carboxylic acids is 2. The van der Waals surface area contributed by atoms with Crippen molar-refractivity contribution in [1.82, 2.24) is 10.2 Å². The van der Waals surface area contributed by atoms with Crippen LogP contribution in [0.5, 0.6) is 5.75 Å². The maximum atomic E-state index is 13.5. The van der Waals surface area contributed by atoms with E-state index in [9.17, 15) is 9.59 Å². The monoisotopic (exact) mass is 476 g/mol. The maximum absolute atomic E-state index is 13.5. The van der Waals surface area contributed by atoms with Crippen molar-refractivity contribution < 1.29 is 14.3 Å². The van der Waals surface area contributed by atoms with Crippen LogP contribution in [0, 0.1) is 0 Å². The second-order valence-electron chi connectivity index (χ2n) is 7.95. The minimum atomic E-state index is -0.613. The average Bonchev–Trinajstić information content (AvgIpc) is 2.87. The number of likely N-dealkylation sites (N-methyl/N-ethyl adjacent to an activating group) is 1. The molecule has 0 aromatic heterocycles. The largest absolute Gasteiger partial charge is 0.497 e. The lowest BCUT2D eigenvalue weighted by Gasteiger charge is -2.31. The van der Waals surface area contributed by atoms with Gasteiger partial charge in [0.1, 0.15) is 11.8 Å². The molecule has 2 amide bonds. The van der Waals surface area contributed by atoms with Crippen LogP contribution in [0.25, 0.3) is 0 Å².